The summed E-state index contributed by atoms with van der Waals surface area (Å²) >= 11 is 0. The Kier molecular flexibility index (Phi) is 5.21. The molecule has 146 valence electrons. The number of amides is 1. The van der Waals surface area contributed by atoms with Gasteiger partial charge in [0, 0.05) is 6.54 Å². The van der Waals surface area contributed by atoms with E-state index < -0.39 is 17.6 Å². The van der Waals surface area contributed by atoms with Gasteiger partial charge in [0.15, 0.2) is 0 Å². The summed E-state index contributed by atoms with van der Waals surface area (Å²) < 4.78 is 42.4. The standard InChI is InChI=1S/C21H25F3N2O/c1-4-5-9-16-15-10-7-6-8-14(15)11-12-17(16)18(21(22,23)24)26-13-20(2,3)19(27)25-26/h6-8,10-12,18H,4-5,9,13H2,1-3H3,(H,25,27)/t18-/m0/s1. The predicted octanol–water partition coefficient (Wildman–Crippen LogP) is 5.16. The van der Waals surface area contributed by atoms with E-state index in [1.807, 2.05) is 31.2 Å². The van der Waals surface area contributed by atoms with E-state index in [4.69, 9.17) is 0 Å². The Morgan fingerprint density at radius 1 is 1.19 bits per heavy atom. The van der Waals surface area contributed by atoms with Gasteiger partial charge in [0.05, 0.1) is 5.41 Å². The summed E-state index contributed by atoms with van der Waals surface area (Å²) in [4.78, 5) is 12.1. The maximum atomic E-state index is 14.1. The van der Waals surface area contributed by atoms with Crippen molar-refractivity contribution in [3.05, 3.63) is 47.5 Å². The molecule has 1 atom stereocenters. The number of fused-ring (bicyclic) bond motifs is 1. The lowest BCUT2D eigenvalue weighted by Gasteiger charge is -2.31. The second kappa shape index (κ2) is 7.15. The van der Waals surface area contributed by atoms with Gasteiger partial charge < -0.3 is 0 Å². The number of benzene rings is 2. The van der Waals surface area contributed by atoms with Crippen LogP contribution in [0.2, 0.25) is 0 Å². The summed E-state index contributed by atoms with van der Waals surface area (Å²) in [5.41, 5.74) is 2.55. The van der Waals surface area contributed by atoms with Crippen molar-refractivity contribution in [3.63, 3.8) is 0 Å². The summed E-state index contributed by atoms with van der Waals surface area (Å²) in [5.74, 6) is -0.382. The van der Waals surface area contributed by atoms with Crippen LogP contribution in [0.1, 0.15) is 50.8 Å². The van der Waals surface area contributed by atoms with Crippen molar-refractivity contribution >= 4 is 16.7 Å². The zero-order valence-electron chi connectivity index (χ0n) is 15.9. The summed E-state index contributed by atoms with van der Waals surface area (Å²) in [7, 11) is 0. The molecule has 3 rings (SSSR count). The van der Waals surface area contributed by atoms with Gasteiger partial charge in [-0.2, -0.15) is 13.2 Å². The van der Waals surface area contributed by atoms with Crippen LogP contribution in [0.3, 0.4) is 0 Å². The minimum Gasteiger partial charge on any atom is -0.287 e. The number of rotatable bonds is 5. The van der Waals surface area contributed by atoms with E-state index in [-0.39, 0.29) is 18.0 Å². The summed E-state index contributed by atoms with van der Waals surface area (Å²) in [6.45, 7) is 5.35. The van der Waals surface area contributed by atoms with E-state index in [1.165, 1.54) is 0 Å². The van der Waals surface area contributed by atoms with Crippen LogP contribution in [0.4, 0.5) is 13.2 Å². The van der Waals surface area contributed by atoms with Gasteiger partial charge in [0.1, 0.15) is 6.04 Å². The van der Waals surface area contributed by atoms with Crippen LogP contribution in [-0.4, -0.2) is 23.6 Å². The Hall–Kier alpha value is -2.08. The van der Waals surface area contributed by atoms with Crippen molar-refractivity contribution in [3.8, 4) is 0 Å². The van der Waals surface area contributed by atoms with E-state index in [2.05, 4.69) is 5.43 Å². The number of hydrogen-bond acceptors (Lipinski definition) is 2. The second-order valence-corrected chi connectivity index (χ2v) is 7.85. The minimum absolute atomic E-state index is 0.00997. The molecular weight excluding hydrogens is 353 g/mol. The summed E-state index contributed by atoms with van der Waals surface area (Å²) in [6.07, 6.45) is -2.22. The molecule has 1 aliphatic rings. The average molecular weight is 378 g/mol. The number of aryl methyl sites for hydroxylation is 1. The first-order valence-electron chi connectivity index (χ1n) is 9.30. The van der Waals surface area contributed by atoms with Crippen LogP contribution >= 0.6 is 0 Å². The second-order valence-electron chi connectivity index (χ2n) is 7.85. The fraction of sp³-hybridized carbons (Fsp3) is 0.476. The lowest BCUT2D eigenvalue weighted by molar-refractivity contribution is -0.191. The van der Waals surface area contributed by atoms with E-state index in [1.54, 1.807) is 26.0 Å². The minimum atomic E-state index is -4.50. The topological polar surface area (TPSA) is 32.3 Å². The maximum absolute atomic E-state index is 14.1. The van der Waals surface area contributed by atoms with Crippen LogP contribution in [0.5, 0.6) is 0 Å². The number of carbonyl (C=O) groups is 1. The Morgan fingerprint density at radius 3 is 2.48 bits per heavy atom. The predicted molar refractivity (Wildman–Crippen MR) is 100.0 cm³/mol. The molecule has 6 heteroatoms. The Morgan fingerprint density at radius 2 is 1.89 bits per heavy atom. The average Bonchev–Trinajstić information content (AvgIpc) is 2.85. The van der Waals surface area contributed by atoms with Gasteiger partial charge in [-0.15, -0.1) is 0 Å². The highest BCUT2D eigenvalue weighted by atomic mass is 19.4. The molecule has 1 fully saturated rings. The molecular formula is C21H25F3N2O. The quantitative estimate of drug-likeness (QED) is 0.780. The highest BCUT2D eigenvalue weighted by Crippen LogP contribution is 2.43. The molecule has 1 aliphatic heterocycles. The Labute approximate surface area is 157 Å². The largest absolute Gasteiger partial charge is 0.409 e. The third-order valence-corrected chi connectivity index (χ3v) is 5.20. The summed E-state index contributed by atoms with van der Waals surface area (Å²) in [6, 6.07) is 8.98. The zero-order chi connectivity index (χ0) is 19.8. The molecule has 0 saturated carbocycles. The number of carbonyl (C=O) groups excluding carboxylic acids is 1. The first-order chi connectivity index (χ1) is 12.6. The van der Waals surface area contributed by atoms with Gasteiger partial charge in [-0.3, -0.25) is 10.2 Å². The van der Waals surface area contributed by atoms with Crippen molar-refractivity contribution in [2.75, 3.05) is 6.54 Å². The Bertz CT molecular complexity index is 845. The molecule has 1 saturated heterocycles. The molecule has 0 aromatic heterocycles. The lowest BCUT2D eigenvalue weighted by atomic mass is 9.89. The normalized spacial score (nSPS) is 18.7. The SMILES string of the molecule is CCCCc1c([C@H](N2CC(C)(C)C(=O)N2)C(F)(F)F)ccc2ccccc12. The van der Waals surface area contributed by atoms with Crippen molar-refractivity contribution in [1.29, 1.82) is 0 Å². The highest BCUT2D eigenvalue weighted by Gasteiger charge is 2.51. The summed E-state index contributed by atoms with van der Waals surface area (Å²) in [5, 5.41) is 2.84. The molecule has 0 radical (unpaired) electrons. The number of hydrazine groups is 1. The molecule has 3 nitrogen and oxygen atoms in total. The van der Waals surface area contributed by atoms with Crippen molar-refractivity contribution in [1.82, 2.24) is 10.4 Å². The fourth-order valence-corrected chi connectivity index (χ4v) is 3.74. The number of nitrogens with one attached hydrogen (secondary N) is 1. The fourth-order valence-electron chi connectivity index (χ4n) is 3.74. The molecule has 0 aliphatic carbocycles. The van der Waals surface area contributed by atoms with Gasteiger partial charge in [-0.25, -0.2) is 5.01 Å². The maximum Gasteiger partial charge on any atom is 0.409 e. The van der Waals surface area contributed by atoms with E-state index in [0.29, 0.717) is 6.42 Å². The number of unbranched alkanes of at least 4 members (excludes halogenated alkanes) is 1. The van der Waals surface area contributed by atoms with Crippen molar-refractivity contribution in [2.24, 2.45) is 5.41 Å². The molecule has 0 bridgehead atoms. The van der Waals surface area contributed by atoms with E-state index in [0.717, 1.165) is 34.2 Å². The Balaban J connectivity index is 2.15. The monoisotopic (exact) mass is 378 g/mol. The van der Waals surface area contributed by atoms with Gasteiger partial charge in [0.25, 0.3) is 0 Å². The number of halogens is 3. The first kappa shape index (κ1) is 19.7. The van der Waals surface area contributed by atoms with Gasteiger partial charge in [-0.05, 0) is 48.6 Å². The zero-order valence-corrected chi connectivity index (χ0v) is 15.9. The van der Waals surface area contributed by atoms with Crippen LogP contribution in [-0.2, 0) is 11.2 Å². The van der Waals surface area contributed by atoms with Gasteiger partial charge in [0.2, 0.25) is 5.91 Å². The smallest absolute Gasteiger partial charge is 0.287 e. The molecule has 2 aromatic carbocycles. The highest BCUT2D eigenvalue weighted by molar-refractivity contribution is 5.87. The van der Waals surface area contributed by atoms with E-state index in [9.17, 15) is 18.0 Å². The van der Waals surface area contributed by atoms with Crippen molar-refractivity contribution in [2.45, 2.75) is 52.3 Å². The third-order valence-electron chi connectivity index (χ3n) is 5.20. The number of nitrogens with zero attached hydrogens (tertiary/aromatic N) is 1. The molecule has 2 aromatic rings. The van der Waals surface area contributed by atoms with Crippen LogP contribution in [0.25, 0.3) is 10.8 Å². The molecule has 1 heterocycles. The van der Waals surface area contributed by atoms with Crippen molar-refractivity contribution < 1.29 is 18.0 Å². The van der Waals surface area contributed by atoms with Crippen LogP contribution in [0, 0.1) is 5.41 Å². The third kappa shape index (κ3) is 3.81. The van der Waals surface area contributed by atoms with Crippen LogP contribution < -0.4 is 5.43 Å². The molecule has 1 amide bonds. The molecule has 1 N–H and O–H groups in total. The van der Waals surface area contributed by atoms with Gasteiger partial charge in [-0.1, -0.05) is 49.7 Å². The first-order valence-corrected chi connectivity index (χ1v) is 9.30. The number of alkyl halides is 3. The number of hydrogen-bond donors (Lipinski definition) is 1. The van der Waals surface area contributed by atoms with Gasteiger partial charge >= 0.3 is 6.18 Å². The molecule has 27 heavy (non-hydrogen) atoms. The lowest BCUT2D eigenvalue weighted by Crippen LogP contribution is -2.44. The van der Waals surface area contributed by atoms with Crippen LogP contribution in [0.15, 0.2) is 36.4 Å². The molecule has 0 unspecified atom stereocenters. The van der Waals surface area contributed by atoms with E-state index >= 15 is 0 Å². The molecule has 0 spiro atoms.